The van der Waals surface area contributed by atoms with E-state index in [1.807, 2.05) is 42.9 Å². The van der Waals surface area contributed by atoms with Crippen LogP contribution in [0.1, 0.15) is 31.2 Å². The molecule has 0 radical (unpaired) electrons. The molecule has 1 amide bonds. The van der Waals surface area contributed by atoms with Gasteiger partial charge in [-0.05, 0) is 25.0 Å². The first-order valence-electron chi connectivity index (χ1n) is 10.4. The monoisotopic (exact) mass is 438 g/mol. The molecule has 0 aliphatic heterocycles. The minimum atomic E-state index is 0.177. The van der Waals surface area contributed by atoms with Crippen molar-refractivity contribution < 1.29 is 9.53 Å². The molecule has 0 aliphatic carbocycles. The summed E-state index contributed by atoms with van der Waals surface area (Å²) in [6.45, 7) is 7.13. The number of nitrogens with one attached hydrogen (secondary N) is 4. The van der Waals surface area contributed by atoms with Crippen LogP contribution in [0.15, 0.2) is 30.7 Å². The number of benzene rings is 1. The number of methoxy groups -OCH3 is 1. The van der Waals surface area contributed by atoms with E-state index in [0.717, 1.165) is 28.5 Å². The maximum Gasteiger partial charge on any atom is 0.229 e. The van der Waals surface area contributed by atoms with Gasteiger partial charge in [-0.3, -0.25) is 4.79 Å². The molecule has 0 bridgehead atoms. The van der Waals surface area contributed by atoms with Crippen molar-refractivity contribution in [2.75, 3.05) is 43.2 Å². The second-order valence-electron chi connectivity index (χ2n) is 7.49. The van der Waals surface area contributed by atoms with Gasteiger partial charge in [0.1, 0.15) is 5.75 Å². The number of aryl methyl sites for hydroxylation is 1. The van der Waals surface area contributed by atoms with Crippen molar-refractivity contribution in [1.29, 1.82) is 0 Å². The highest BCUT2D eigenvalue weighted by atomic mass is 16.5. The lowest BCUT2D eigenvalue weighted by Gasteiger charge is -2.19. The first-order chi connectivity index (χ1) is 15.5. The van der Waals surface area contributed by atoms with Crippen molar-refractivity contribution in [3.8, 4) is 11.4 Å². The molecule has 10 nitrogen and oxygen atoms in total. The first kappa shape index (κ1) is 22.9. The summed E-state index contributed by atoms with van der Waals surface area (Å²) in [6.07, 6.45) is 4.37. The molecule has 170 valence electrons. The highest BCUT2D eigenvalue weighted by Crippen LogP contribution is 2.32. The lowest BCUT2D eigenvalue weighted by molar-refractivity contribution is -0.109. The van der Waals surface area contributed by atoms with Crippen molar-refractivity contribution in [1.82, 2.24) is 24.8 Å². The Balaban J connectivity index is 1.91. The van der Waals surface area contributed by atoms with E-state index >= 15 is 0 Å². The summed E-state index contributed by atoms with van der Waals surface area (Å²) in [7, 11) is 3.48. The predicted octanol–water partition coefficient (Wildman–Crippen LogP) is 3.05. The number of anilines is 4. The molecule has 2 aromatic heterocycles. The fraction of sp³-hybridized carbons (Fsp3) is 0.364. The minimum Gasteiger partial charge on any atom is -0.494 e. The van der Waals surface area contributed by atoms with E-state index in [9.17, 15) is 4.79 Å². The Kier molecular flexibility index (Phi) is 7.48. The van der Waals surface area contributed by atoms with Crippen molar-refractivity contribution in [2.45, 2.75) is 26.7 Å². The van der Waals surface area contributed by atoms with Crippen molar-refractivity contribution in [2.24, 2.45) is 0 Å². The lowest BCUT2D eigenvalue weighted by Crippen LogP contribution is -2.22. The van der Waals surface area contributed by atoms with E-state index in [-0.39, 0.29) is 5.92 Å². The molecule has 0 aliphatic rings. The van der Waals surface area contributed by atoms with E-state index in [4.69, 9.17) is 9.72 Å². The third-order valence-corrected chi connectivity index (χ3v) is 4.80. The molecule has 0 saturated carbocycles. The number of hydrogen-bond donors (Lipinski definition) is 4. The summed E-state index contributed by atoms with van der Waals surface area (Å²) in [4.78, 5) is 24.2. The SMILES string of the molecule is CNc1c(NCCNC=O)nc(Nc2ccc(-n3cnc(C)c3)c(OC)c2)nc1C(C)C. The van der Waals surface area contributed by atoms with Gasteiger partial charge in [-0.1, -0.05) is 13.8 Å². The van der Waals surface area contributed by atoms with Crippen LogP contribution >= 0.6 is 0 Å². The van der Waals surface area contributed by atoms with Gasteiger partial charge in [-0.15, -0.1) is 0 Å². The largest absolute Gasteiger partial charge is 0.494 e. The Morgan fingerprint density at radius 2 is 2.03 bits per heavy atom. The average Bonchev–Trinajstić information content (AvgIpc) is 3.22. The molecule has 2 heterocycles. The molecule has 0 spiro atoms. The number of amides is 1. The number of imidazole rings is 1. The van der Waals surface area contributed by atoms with E-state index in [1.165, 1.54) is 0 Å². The molecule has 3 aromatic rings. The average molecular weight is 439 g/mol. The van der Waals surface area contributed by atoms with Gasteiger partial charge in [-0.25, -0.2) is 9.97 Å². The van der Waals surface area contributed by atoms with Crippen LogP contribution < -0.4 is 26.0 Å². The van der Waals surface area contributed by atoms with Gasteiger partial charge in [0, 0.05) is 38.1 Å². The quantitative estimate of drug-likeness (QED) is 0.267. The fourth-order valence-corrected chi connectivity index (χ4v) is 3.29. The normalized spacial score (nSPS) is 10.7. The molecule has 0 atom stereocenters. The van der Waals surface area contributed by atoms with Crippen LogP contribution in [-0.4, -0.2) is 53.2 Å². The zero-order valence-electron chi connectivity index (χ0n) is 19.1. The summed E-state index contributed by atoms with van der Waals surface area (Å²) >= 11 is 0. The number of rotatable bonds is 11. The van der Waals surface area contributed by atoms with Crippen molar-refractivity contribution in [3.05, 3.63) is 42.1 Å². The zero-order chi connectivity index (χ0) is 23.1. The number of carbonyl (C=O) groups is 1. The van der Waals surface area contributed by atoms with E-state index in [0.29, 0.717) is 37.0 Å². The van der Waals surface area contributed by atoms with E-state index in [1.54, 1.807) is 13.4 Å². The molecule has 0 saturated heterocycles. The Morgan fingerprint density at radius 1 is 1.22 bits per heavy atom. The van der Waals surface area contributed by atoms with Crippen LogP contribution in [0.5, 0.6) is 5.75 Å². The molecule has 10 heteroatoms. The van der Waals surface area contributed by atoms with Gasteiger partial charge < -0.3 is 30.6 Å². The van der Waals surface area contributed by atoms with Crippen molar-refractivity contribution in [3.63, 3.8) is 0 Å². The smallest absolute Gasteiger partial charge is 0.229 e. The molecule has 1 aromatic carbocycles. The topological polar surface area (TPSA) is 118 Å². The second-order valence-corrected chi connectivity index (χ2v) is 7.49. The Morgan fingerprint density at radius 3 is 2.66 bits per heavy atom. The number of hydrogen-bond acceptors (Lipinski definition) is 8. The highest BCUT2D eigenvalue weighted by molar-refractivity contribution is 5.71. The van der Waals surface area contributed by atoms with Gasteiger partial charge in [0.2, 0.25) is 12.4 Å². The summed E-state index contributed by atoms with van der Waals surface area (Å²) in [5.41, 5.74) is 4.33. The van der Waals surface area contributed by atoms with Gasteiger partial charge >= 0.3 is 0 Å². The van der Waals surface area contributed by atoms with Crippen molar-refractivity contribution >= 4 is 29.6 Å². The standard InChI is InChI=1S/C22H30N8O2/c1-14(2)19-20(23-4)21(25-9-8-24-13-31)29-22(28-19)27-16-6-7-17(18(10-16)32-5)30-11-15(3)26-12-30/h6-7,10-14,23H,8-9H2,1-5H3,(H,24,31)(H2,25,27,28,29). The van der Waals surface area contributed by atoms with Gasteiger partial charge in [0.15, 0.2) is 5.82 Å². The van der Waals surface area contributed by atoms with Gasteiger partial charge in [0.25, 0.3) is 0 Å². The number of carbonyl (C=O) groups excluding carboxylic acids is 1. The minimum absolute atomic E-state index is 0.177. The second kappa shape index (κ2) is 10.5. The van der Waals surface area contributed by atoms with Gasteiger partial charge in [0.05, 0.1) is 36.2 Å². The third-order valence-electron chi connectivity index (χ3n) is 4.80. The van der Waals surface area contributed by atoms with Crippen LogP contribution in [0.4, 0.5) is 23.1 Å². The molecule has 4 N–H and O–H groups in total. The molecule has 0 unspecified atom stereocenters. The zero-order valence-corrected chi connectivity index (χ0v) is 19.1. The van der Waals surface area contributed by atoms with Crippen LogP contribution in [0.25, 0.3) is 5.69 Å². The third kappa shape index (κ3) is 5.26. The summed E-state index contributed by atoms with van der Waals surface area (Å²) in [6, 6.07) is 5.80. The van der Waals surface area contributed by atoms with Crippen LogP contribution in [-0.2, 0) is 4.79 Å². The Hall–Kier alpha value is -3.82. The Bertz CT molecular complexity index is 1060. The molecular formula is C22H30N8O2. The molecule has 0 fully saturated rings. The van der Waals surface area contributed by atoms with Crippen LogP contribution in [0, 0.1) is 6.92 Å². The summed E-state index contributed by atoms with van der Waals surface area (Å²) < 4.78 is 7.52. The number of ether oxygens (including phenoxy) is 1. The predicted molar refractivity (Wildman–Crippen MR) is 126 cm³/mol. The van der Waals surface area contributed by atoms with Crippen LogP contribution in [0.3, 0.4) is 0 Å². The maximum atomic E-state index is 10.5. The lowest BCUT2D eigenvalue weighted by atomic mass is 10.1. The van der Waals surface area contributed by atoms with E-state index < -0.39 is 0 Å². The number of nitrogens with zero attached hydrogens (tertiary/aromatic N) is 4. The number of aromatic nitrogens is 4. The highest BCUT2D eigenvalue weighted by Gasteiger charge is 2.17. The van der Waals surface area contributed by atoms with Gasteiger partial charge in [-0.2, -0.15) is 4.98 Å². The molecule has 3 rings (SSSR count). The van der Waals surface area contributed by atoms with E-state index in [2.05, 4.69) is 45.1 Å². The summed E-state index contributed by atoms with van der Waals surface area (Å²) in [5, 5.41) is 12.4. The Labute approximate surface area is 187 Å². The maximum absolute atomic E-state index is 10.5. The van der Waals surface area contributed by atoms with Crippen LogP contribution in [0.2, 0.25) is 0 Å². The summed E-state index contributed by atoms with van der Waals surface area (Å²) in [5.74, 6) is 2.00. The molecular weight excluding hydrogens is 408 g/mol. The first-order valence-corrected chi connectivity index (χ1v) is 10.4. The fourth-order valence-electron chi connectivity index (χ4n) is 3.29. The molecule has 32 heavy (non-hydrogen) atoms.